The van der Waals surface area contributed by atoms with Crippen LogP contribution in [-0.2, 0) is 17.6 Å². The number of nitrogens with one attached hydrogen (secondary N) is 1. The third kappa shape index (κ3) is 5.69. The van der Waals surface area contributed by atoms with Crippen LogP contribution >= 0.6 is 11.8 Å². The van der Waals surface area contributed by atoms with Crippen LogP contribution in [0.4, 0.5) is 5.69 Å². The van der Waals surface area contributed by atoms with Crippen molar-refractivity contribution in [1.29, 1.82) is 0 Å². The fourth-order valence-electron chi connectivity index (χ4n) is 2.08. The van der Waals surface area contributed by atoms with Gasteiger partial charge in [-0.05, 0) is 37.4 Å². The number of aryl methyl sites for hydroxylation is 2. The Hall–Kier alpha value is -1.86. The smallest absolute Gasteiger partial charge is 0.277 e. The topological polar surface area (TPSA) is 94.0 Å². The van der Waals surface area contributed by atoms with E-state index in [4.69, 9.17) is 10.2 Å². The van der Waals surface area contributed by atoms with Gasteiger partial charge in [-0.3, -0.25) is 4.79 Å². The Morgan fingerprint density at radius 2 is 2.13 bits per heavy atom. The maximum atomic E-state index is 12.0. The second-order valence-corrected chi connectivity index (χ2v) is 5.98. The van der Waals surface area contributed by atoms with Gasteiger partial charge in [-0.1, -0.05) is 36.9 Å². The molecule has 23 heavy (non-hydrogen) atoms. The molecule has 0 aliphatic heterocycles. The highest BCUT2D eigenvalue weighted by molar-refractivity contribution is 7.99. The number of para-hydroxylation sites is 1. The van der Waals surface area contributed by atoms with E-state index in [0.29, 0.717) is 17.7 Å². The van der Waals surface area contributed by atoms with Crippen molar-refractivity contribution < 1.29 is 9.21 Å². The molecule has 2 rings (SSSR count). The number of amides is 1. The van der Waals surface area contributed by atoms with Gasteiger partial charge in [0, 0.05) is 12.1 Å². The van der Waals surface area contributed by atoms with Crippen LogP contribution in [0.5, 0.6) is 0 Å². The van der Waals surface area contributed by atoms with Crippen LogP contribution in [0.3, 0.4) is 0 Å². The number of nitrogens with two attached hydrogens (primary N) is 1. The highest BCUT2D eigenvalue weighted by atomic mass is 32.2. The second-order valence-electron chi connectivity index (χ2n) is 5.06. The number of thioether (sulfide) groups is 1. The number of benzene rings is 1. The van der Waals surface area contributed by atoms with Gasteiger partial charge in [-0.2, -0.15) is 0 Å². The number of unbranched alkanes of at least 4 members (excludes halogenated alkanes) is 1. The van der Waals surface area contributed by atoms with Crippen molar-refractivity contribution in [1.82, 2.24) is 10.2 Å². The molecule has 1 aromatic heterocycles. The van der Waals surface area contributed by atoms with Crippen molar-refractivity contribution in [3.8, 4) is 0 Å². The maximum absolute atomic E-state index is 12.0. The number of rotatable bonds is 9. The summed E-state index contributed by atoms with van der Waals surface area (Å²) in [5.41, 5.74) is 7.42. The monoisotopic (exact) mass is 334 g/mol. The van der Waals surface area contributed by atoms with Gasteiger partial charge in [0.25, 0.3) is 5.22 Å². The normalized spacial score (nSPS) is 10.7. The Morgan fingerprint density at radius 3 is 2.91 bits per heavy atom. The zero-order chi connectivity index (χ0) is 16.5. The molecular weight excluding hydrogens is 312 g/mol. The summed E-state index contributed by atoms with van der Waals surface area (Å²) in [5, 5.41) is 11.2. The van der Waals surface area contributed by atoms with Gasteiger partial charge in [-0.15, -0.1) is 10.2 Å². The zero-order valence-corrected chi connectivity index (χ0v) is 14.1. The standard InChI is InChI=1S/C16H22N4O2S/c1-2-12-7-3-4-8-13(12)18-14(21)11-23-16-20-19-15(22-16)9-5-6-10-17/h3-4,7-8H,2,5-6,9-11,17H2,1H3,(H,18,21). The van der Waals surface area contributed by atoms with Gasteiger partial charge in [0.1, 0.15) is 0 Å². The summed E-state index contributed by atoms with van der Waals surface area (Å²) in [6.45, 7) is 2.72. The molecule has 0 bridgehead atoms. The average Bonchev–Trinajstić information content (AvgIpc) is 3.02. The Kier molecular flexibility index (Phi) is 7.09. The van der Waals surface area contributed by atoms with Gasteiger partial charge in [0.05, 0.1) is 5.75 Å². The van der Waals surface area contributed by atoms with E-state index in [0.717, 1.165) is 36.9 Å². The number of carbonyl (C=O) groups excluding carboxylic acids is 1. The molecule has 1 aromatic carbocycles. The third-order valence-corrected chi connectivity index (χ3v) is 4.11. The zero-order valence-electron chi connectivity index (χ0n) is 13.2. The largest absolute Gasteiger partial charge is 0.416 e. The minimum Gasteiger partial charge on any atom is -0.416 e. The lowest BCUT2D eigenvalue weighted by molar-refractivity contribution is -0.113. The van der Waals surface area contributed by atoms with E-state index < -0.39 is 0 Å². The van der Waals surface area contributed by atoms with Crippen LogP contribution in [0.25, 0.3) is 0 Å². The highest BCUT2D eigenvalue weighted by Crippen LogP contribution is 2.19. The first kappa shape index (κ1) is 17.5. The highest BCUT2D eigenvalue weighted by Gasteiger charge is 2.10. The van der Waals surface area contributed by atoms with Crippen LogP contribution in [0.2, 0.25) is 0 Å². The fraction of sp³-hybridized carbons (Fsp3) is 0.438. The van der Waals surface area contributed by atoms with E-state index >= 15 is 0 Å². The first-order chi connectivity index (χ1) is 11.2. The predicted octanol–water partition coefficient (Wildman–Crippen LogP) is 2.64. The van der Waals surface area contributed by atoms with Crippen molar-refractivity contribution in [3.05, 3.63) is 35.7 Å². The van der Waals surface area contributed by atoms with Crippen molar-refractivity contribution >= 4 is 23.4 Å². The van der Waals surface area contributed by atoms with E-state index in [1.165, 1.54) is 11.8 Å². The summed E-state index contributed by atoms with van der Waals surface area (Å²) >= 11 is 1.24. The molecule has 7 heteroatoms. The maximum Gasteiger partial charge on any atom is 0.277 e. The summed E-state index contributed by atoms with van der Waals surface area (Å²) < 4.78 is 5.50. The summed E-state index contributed by atoms with van der Waals surface area (Å²) in [4.78, 5) is 12.0. The van der Waals surface area contributed by atoms with Gasteiger partial charge >= 0.3 is 0 Å². The van der Waals surface area contributed by atoms with Crippen LogP contribution in [0.15, 0.2) is 33.9 Å². The van der Waals surface area contributed by atoms with Gasteiger partial charge < -0.3 is 15.5 Å². The average molecular weight is 334 g/mol. The number of nitrogens with zero attached hydrogens (tertiary/aromatic N) is 2. The molecule has 3 N–H and O–H groups in total. The van der Waals surface area contributed by atoms with Crippen LogP contribution < -0.4 is 11.1 Å². The van der Waals surface area contributed by atoms with Crippen molar-refractivity contribution in [2.45, 2.75) is 37.8 Å². The summed E-state index contributed by atoms with van der Waals surface area (Å²) in [5.74, 6) is 0.749. The molecule has 0 spiro atoms. The number of hydrogen-bond donors (Lipinski definition) is 2. The Labute approximate surface area is 140 Å². The first-order valence-corrected chi connectivity index (χ1v) is 8.74. The van der Waals surface area contributed by atoms with E-state index in [2.05, 4.69) is 22.4 Å². The molecule has 0 saturated carbocycles. The molecule has 0 atom stereocenters. The minimum absolute atomic E-state index is 0.0845. The molecule has 0 saturated heterocycles. The van der Waals surface area contributed by atoms with Gasteiger partial charge in [0.15, 0.2) is 0 Å². The number of aromatic nitrogens is 2. The van der Waals surface area contributed by atoms with Crippen molar-refractivity contribution in [2.75, 3.05) is 17.6 Å². The Balaban J connectivity index is 1.80. The Morgan fingerprint density at radius 1 is 1.30 bits per heavy atom. The first-order valence-electron chi connectivity index (χ1n) is 7.76. The molecular formula is C16H22N4O2S. The molecule has 124 valence electrons. The van der Waals surface area contributed by atoms with Crippen molar-refractivity contribution in [2.24, 2.45) is 5.73 Å². The molecule has 1 heterocycles. The molecule has 0 aliphatic rings. The summed E-state index contributed by atoms with van der Waals surface area (Å²) in [7, 11) is 0. The van der Waals surface area contributed by atoms with Gasteiger partial charge in [-0.25, -0.2) is 0 Å². The van der Waals surface area contributed by atoms with Crippen LogP contribution in [0.1, 0.15) is 31.2 Å². The molecule has 2 aromatic rings. The fourth-order valence-corrected chi connectivity index (χ4v) is 2.66. The van der Waals surface area contributed by atoms with E-state index in [1.54, 1.807) is 0 Å². The SMILES string of the molecule is CCc1ccccc1NC(=O)CSc1nnc(CCCCN)o1. The van der Waals surface area contributed by atoms with Gasteiger partial charge in [0.2, 0.25) is 11.8 Å². The van der Waals surface area contributed by atoms with E-state index in [-0.39, 0.29) is 11.7 Å². The van der Waals surface area contributed by atoms with E-state index in [1.807, 2.05) is 24.3 Å². The Bertz CT molecular complexity index is 630. The predicted molar refractivity (Wildman–Crippen MR) is 91.5 cm³/mol. The molecule has 0 aliphatic carbocycles. The number of hydrogen-bond acceptors (Lipinski definition) is 6. The van der Waals surface area contributed by atoms with Crippen molar-refractivity contribution in [3.63, 3.8) is 0 Å². The minimum atomic E-state index is -0.0845. The van der Waals surface area contributed by atoms with Crippen LogP contribution in [0, 0.1) is 0 Å². The molecule has 0 radical (unpaired) electrons. The van der Waals surface area contributed by atoms with E-state index in [9.17, 15) is 4.79 Å². The van der Waals surface area contributed by atoms with Crippen LogP contribution in [-0.4, -0.2) is 28.4 Å². The second kappa shape index (κ2) is 9.32. The molecule has 1 amide bonds. The lowest BCUT2D eigenvalue weighted by atomic mass is 10.1. The molecule has 6 nitrogen and oxygen atoms in total. The lowest BCUT2D eigenvalue weighted by Crippen LogP contribution is -2.15. The lowest BCUT2D eigenvalue weighted by Gasteiger charge is -2.08. The molecule has 0 fully saturated rings. The number of anilines is 1. The third-order valence-electron chi connectivity index (χ3n) is 3.29. The summed E-state index contributed by atoms with van der Waals surface area (Å²) in [6.07, 6.45) is 3.46. The summed E-state index contributed by atoms with van der Waals surface area (Å²) in [6, 6.07) is 7.79. The molecule has 0 unspecified atom stereocenters. The quantitative estimate of drug-likeness (QED) is 0.541. The number of carbonyl (C=O) groups is 1.